The molecular weight excluding hydrogens is 226 g/mol. The SMILES string of the molecule is CC(C)Cc1[nH]n(Cc2ccccc2)c(=O)c1N. The van der Waals surface area contributed by atoms with Gasteiger partial charge in [-0.05, 0) is 17.9 Å². The molecule has 0 bridgehead atoms. The molecule has 1 aromatic heterocycles. The maximum atomic E-state index is 12.0. The molecular formula is C14H19N3O. The van der Waals surface area contributed by atoms with Crippen molar-refractivity contribution in [1.82, 2.24) is 9.78 Å². The highest BCUT2D eigenvalue weighted by Crippen LogP contribution is 2.10. The van der Waals surface area contributed by atoms with Crippen molar-refractivity contribution in [2.75, 3.05) is 5.73 Å². The van der Waals surface area contributed by atoms with Crippen LogP contribution in [0.5, 0.6) is 0 Å². The van der Waals surface area contributed by atoms with Crippen LogP contribution in [-0.2, 0) is 13.0 Å². The molecule has 1 aromatic carbocycles. The molecule has 0 aliphatic carbocycles. The van der Waals surface area contributed by atoms with Gasteiger partial charge in [0.25, 0.3) is 5.56 Å². The Hall–Kier alpha value is -1.97. The van der Waals surface area contributed by atoms with E-state index in [0.717, 1.165) is 17.7 Å². The normalized spacial score (nSPS) is 11.1. The Balaban J connectivity index is 2.27. The fraction of sp³-hybridized carbons (Fsp3) is 0.357. The summed E-state index contributed by atoms with van der Waals surface area (Å²) in [5.74, 6) is 0.468. The third-order valence-corrected chi connectivity index (χ3v) is 2.87. The Bertz CT molecular complexity index is 566. The second kappa shape index (κ2) is 5.12. The van der Waals surface area contributed by atoms with Crippen molar-refractivity contribution >= 4 is 5.69 Å². The molecule has 0 aliphatic heterocycles. The summed E-state index contributed by atoms with van der Waals surface area (Å²) in [5.41, 5.74) is 7.98. The molecule has 2 aromatic rings. The van der Waals surface area contributed by atoms with Gasteiger partial charge >= 0.3 is 0 Å². The van der Waals surface area contributed by atoms with Crippen LogP contribution in [0.2, 0.25) is 0 Å². The highest BCUT2D eigenvalue weighted by atomic mass is 16.1. The number of nitrogens with one attached hydrogen (secondary N) is 1. The third-order valence-electron chi connectivity index (χ3n) is 2.87. The summed E-state index contributed by atoms with van der Waals surface area (Å²) in [7, 11) is 0. The average molecular weight is 245 g/mol. The Morgan fingerprint density at radius 2 is 1.94 bits per heavy atom. The smallest absolute Gasteiger partial charge is 0.290 e. The van der Waals surface area contributed by atoms with Crippen LogP contribution in [0.1, 0.15) is 25.1 Å². The van der Waals surface area contributed by atoms with E-state index in [-0.39, 0.29) is 5.56 Å². The fourth-order valence-electron chi connectivity index (χ4n) is 1.99. The first-order chi connectivity index (χ1) is 8.58. The molecule has 0 aliphatic rings. The van der Waals surface area contributed by atoms with Crippen molar-refractivity contribution < 1.29 is 0 Å². The van der Waals surface area contributed by atoms with Gasteiger partial charge in [-0.15, -0.1) is 0 Å². The number of aromatic nitrogens is 2. The molecule has 4 heteroatoms. The number of nitrogens with zero attached hydrogens (tertiary/aromatic N) is 1. The molecule has 2 rings (SSSR count). The topological polar surface area (TPSA) is 63.8 Å². The number of anilines is 1. The molecule has 1 heterocycles. The highest BCUT2D eigenvalue weighted by molar-refractivity contribution is 5.41. The predicted molar refractivity (Wildman–Crippen MR) is 73.6 cm³/mol. The molecule has 0 amide bonds. The van der Waals surface area contributed by atoms with E-state index in [2.05, 4.69) is 18.9 Å². The lowest BCUT2D eigenvalue weighted by molar-refractivity contribution is 0.603. The van der Waals surface area contributed by atoms with Crippen LogP contribution in [0.15, 0.2) is 35.1 Å². The van der Waals surface area contributed by atoms with Crippen LogP contribution in [0.3, 0.4) is 0 Å². The van der Waals surface area contributed by atoms with Gasteiger partial charge in [0.15, 0.2) is 0 Å². The minimum Gasteiger partial charge on any atom is -0.393 e. The molecule has 0 radical (unpaired) electrons. The maximum absolute atomic E-state index is 12.0. The second-order valence-electron chi connectivity index (χ2n) is 4.98. The average Bonchev–Trinajstić information content (AvgIpc) is 2.58. The van der Waals surface area contributed by atoms with Gasteiger partial charge < -0.3 is 5.73 Å². The Kier molecular flexibility index (Phi) is 3.55. The summed E-state index contributed by atoms with van der Waals surface area (Å²) in [6.45, 7) is 4.74. The fourth-order valence-corrected chi connectivity index (χ4v) is 1.99. The molecule has 0 unspecified atom stereocenters. The first kappa shape index (κ1) is 12.5. The van der Waals surface area contributed by atoms with Crippen LogP contribution >= 0.6 is 0 Å². The van der Waals surface area contributed by atoms with Crippen LogP contribution in [0, 0.1) is 5.92 Å². The quantitative estimate of drug-likeness (QED) is 0.865. The van der Waals surface area contributed by atoms with Gasteiger partial charge in [-0.3, -0.25) is 9.89 Å². The van der Waals surface area contributed by atoms with Crippen molar-refractivity contribution in [3.8, 4) is 0 Å². The van der Waals surface area contributed by atoms with Crippen molar-refractivity contribution in [3.05, 3.63) is 51.9 Å². The lowest BCUT2D eigenvalue weighted by Crippen LogP contribution is -2.19. The molecule has 0 spiro atoms. The van der Waals surface area contributed by atoms with E-state index in [9.17, 15) is 4.79 Å². The monoisotopic (exact) mass is 245 g/mol. The summed E-state index contributed by atoms with van der Waals surface area (Å²) in [4.78, 5) is 12.0. The summed E-state index contributed by atoms with van der Waals surface area (Å²) in [6, 6.07) is 9.86. The summed E-state index contributed by atoms with van der Waals surface area (Å²) in [6.07, 6.45) is 0.795. The summed E-state index contributed by atoms with van der Waals surface area (Å²) >= 11 is 0. The number of rotatable bonds is 4. The maximum Gasteiger partial charge on any atom is 0.290 e. The lowest BCUT2D eigenvalue weighted by atomic mass is 10.1. The number of hydrogen-bond acceptors (Lipinski definition) is 2. The zero-order chi connectivity index (χ0) is 13.1. The standard InChI is InChI=1S/C14H19N3O/c1-10(2)8-12-13(15)14(18)17(16-12)9-11-6-4-3-5-7-11/h3-7,10,16H,8-9,15H2,1-2H3. The summed E-state index contributed by atoms with van der Waals surface area (Å²) in [5, 5.41) is 3.11. The number of hydrogen-bond donors (Lipinski definition) is 2. The first-order valence-corrected chi connectivity index (χ1v) is 6.19. The van der Waals surface area contributed by atoms with Crippen molar-refractivity contribution in [3.63, 3.8) is 0 Å². The van der Waals surface area contributed by atoms with Crippen LogP contribution in [0.4, 0.5) is 5.69 Å². The van der Waals surface area contributed by atoms with Crippen molar-refractivity contribution in [2.45, 2.75) is 26.8 Å². The number of nitrogen functional groups attached to an aromatic ring is 1. The molecule has 96 valence electrons. The van der Waals surface area contributed by atoms with Gasteiger partial charge in [0, 0.05) is 0 Å². The number of nitrogens with two attached hydrogens (primary N) is 1. The van der Waals surface area contributed by atoms with Crippen molar-refractivity contribution in [2.24, 2.45) is 5.92 Å². The van der Waals surface area contributed by atoms with Crippen LogP contribution in [-0.4, -0.2) is 9.78 Å². The summed E-state index contributed by atoms with van der Waals surface area (Å²) < 4.78 is 1.57. The van der Waals surface area contributed by atoms with Gasteiger partial charge in [-0.2, -0.15) is 0 Å². The minimum absolute atomic E-state index is 0.130. The Morgan fingerprint density at radius 3 is 2.56 bits per heavy atom. The van der Waals surface area contributed by atoms with Gasteiger partial charge in [-0.25, -0.2) is 4.68 Å². The zero-order valence-electron chi connectivity index (χ0n) is 10.8. The van der Waals surface area contributed by atoms with Crippen molar-refractivity contribution in [1.29, 1.82) is 0 Å². The third kappa shape index (κ3) is 2.64. The largest absolute Gasteiger partial charge is 0.393 e. The van der Waals surface area contributed by atoms with E-state index in [1.165, 1.54) is 0 Å². The zero-order valence-corrected chi connectivity index (χ0v) is 10.8. The van der Waals surface area contributed by atoms with Crippen LogP contribution in [0.25, 0.3) is 0 Å². The van der Waals surface area contributed by atoms with E-state index in [1.54, 1.807) is 4.68 Å². The second-order valence-corrected chi connectivity index (χ2v) is 4.98. The minimum atomic E-state index is -0.130. The van der Waals surface area contributed by atoms with E-state index in [4.69, 9.17) is 5.73 Å². The molecule has 0 saturated carbocycles. The molecule has 0 fully saturated rings. The molecule has 4 nitrogen and oxygen atoms in total. The first-order valence-electron chi connectivity index (χ1n) is 6.19. The van der Waals surface area contributed by atoms with Gasteiger partial charge in [0.05, 0.1) is 12.2 Å². The Morgan fingerprint density at radius 1 is 1.28 bits per heavy atom. The van der Waals surface area contributed by atoms with E-state index < -0.39 is 0 Å². The van der Waals surface area contributed by atoms with E-state index in [1.807, 2.05) is 30.3 Å². The van der Waals surface area contributed by atoms with Gasteiger partial charge in [0.1, 0.15) is 5.69 Å². The Labute approximate surface area is 106 Å². The predicted octanol–water partition coefficient (Wildman–Crippen LogP) is 2.01. The molecule has 0 atom stereocenters. The van der Waals surface area contributed by atoms with Crippen LogP contribution < -0.4 is 11.3 Å². The van der Waals surface area contributed by atoms with Gasteiger partial charge in [-0.1, -0.05) is 44.2 Å². The molecule has 3 N–H and O–H groups in total. The number of H-pyrrole nitrogens is 1. The number of aromatic amines is 1. The van der Waals surface area contributed by atoms with E-state index in [0.29, 0.717) is 18.2 Å². The highest BCUT2D eigenvalue weighted by Gasteiger charge is 2.12. The molecule has 0 saturated heterocycles. The van der Waals surface area contributed by atoms with E-state index >= 15 is 0 Å². The lowest BCUT2D eigenvalue weighted by Gasteiger charge is -2.03. The van der Waals surface area contributed by atoms with Gasteiger partial charge in [0.2, 0.25) is 0 Å². The molecule has 18 heavy (non-hydrogen) atoms. The number of benzene rings is 1.